The monoisotopic (exact) mass is 517 g/mol. The lowest BCUT2D eigenvalue weighted by atomic mass is 9.98. The molecule has 2 aliphatic heterocycles. The van der Waals surface area contributed by atoms with Gasteiger partial charge in [-0.25, -0.2) is 9.31 Å². The van der Waals surface area contributed by atoms with Gasteiger partial charge in [0, 0.05) is 25.2 Å². The number of hydrazone groups is 1. The van der Waals surface area contributed by atoms with Gasteiger partial charge in [-0.05, 0) is 65.5 Å². The molecule has 190 valence electrons. The maximum Gasteiger partial charge on any atom is 0.240 e. The zero-order chi connectivity index (χ0) is 25.9. The highest BCUT2D eigenvalue weighted by atomic mass is 32.2. The van der Waals surface area contributed by atoms with E-state index in [0.29, 0.717) is 31.1 Å². The molecule has 0 fully saturated rings. The van der Waals surface area contributed by atoms with Crippen LogP contribution in [0.2, 0.25) is 0 Å². The molecule has 2 aliphatic rings. The summed E-state index contributed by atoms with van der Waals surface area (Å²) in [5.74, 6) is 1.92. The van der Waals surface area contributed by atoms with E-state index in [1.165, 1.54) is 30.8 Å². The molecular weight excluding hydrogens is 490 g/mol. The molecule has 8 nitrogen and oxygen atoms in total. The Balaban J connectivity index is 1.34. The van der Waals surface area contributed by atoms with Gasteiger partial charge in [-0.15, -0.1) is 0 Å². The number of benzene rings is 3. The molecule has 0 aromatic heterocycles. The Hall–Kier alpha value is -3.98. The number of nitrogens with zero attached hydrogens (tertiary/aromatic N) is 3. The Labute approximate surface area is 219 Å². The van der Waals surface area contributed by atoms with Crippen molar-refractivity contribution in [3.8, 4) is 17.2 Å². The van der Waals surface area contributed by atoms with Crippen molar-refractivity contribution in [2.45, 2.75) is 31.2 Å². The number of ether oxygens (including phenoxy) is 3. The van der Waals surface area contributed by atoms with Crippen molar-refractivity contribution in [1.29, 1.82) is 0 Å². The Morgan fingerprint density at radius 3 is 2.32 bits per heavy atom. The zero-order valence-corrected chi connectivity index (χ0v) is 21.7. The lowest BCUT2D eigenvalue weighted by Gasteiger charge is -2.22. The normalized spacial score (nSPS) is 16.2. The van der Waals surface area contributed by atoms with E-state index in [0.717, 1.165) is 33.2 Å². The minimum Gasteiger partial charge on any atom is -0.497 e. The van der Waals surface area contributed by atoms with Crippen molar-refractivity contribution >= 4 is 35.2 Å². The summed E-state index contributed by atoms with van der Waals surface area (Å²) in [5.41, 5.74) is 3.45. The molecular formula is C28H27N3O5S. The molecule has 9 heteroatoms. The number of methoxy groups -OCH3 is 1. The van der Waals surface area contributed by atoms with Crippen LogP contribution in [0.15, 0.2) is 76.7 Å². The Bertz CT molecular complexity index is 1340. The molecule has 1 unspecified atom stereocenters. The second kappa shape index (κ2) is 10.6. The van der Waals surface area contributed by atoms with Gasteiger partial charge in [-0.1, -0.05) is 24.3 Å². The van der Waals surface area contributed by atoms with Gasteiger partial charge in [0.15, 0.2) is 11.5 Å². The standard InChI is InChI=1S/C28H27N3O5S/c1-18(32)30-26(21-6-10-23(34-3)11-7-21)17-25(29-30)20-4-8-22(9-5-20)31(19(2)33)37-24-12-13-27-28(16-24)36-15-14-35-27/h4-13,16,26H,14-15,17H2,1-3H3. The molecule has 37 heavy (non-hydrogen) atoms. The number of anilines is 1. The third kappa shape index (κ3) is 5.27. The van der Waals surface area contributed by atoms with Crippen LogP contribution < -0.4 is 18.5 Å². The highest BCUT2D eigenvalue weighted by Gasteiger charge is 2.31. The smallest absolute Gasteiger partial charge is 0.240 e. The van der Waals surface area contributed by atoms with Crippen LogP contribution in [0.3, 0.4) is 0 Å². The van der Waals surface area contributed by atoms with Gasteiger partial charge in [-0.2, -0.15) is 5.10 Å². The fourth-order valence-electron chi connectivity index (χ4n) is 4.33. The Kier molecular flexibility index (Phi) is 7.05. The summed E-state index contributed by atoms with van der Waals surface area (Å²) in [6.07, 6.45) is 0.591. The average molecular weight is 518 g/mol. The van der Waals surface area contributed by atoms with Crippen LogP contribution in [0.4, 0.5) is 5.69 Å². The fourth-order valence-corrected chi connectivity index (χ4v) is 5.19. The highest BCUT2D eigenvalue weighted by Crippen LogP contribution is 2.38. The number of carbonyl (C=O) groups excluding carboxylic acids is 2. The third-order valence-electron chi connectivity index (χ3n) is 6.16. The first-order valence-electron chi connectivity index (χ1n) is 11.9. The van der Waals surface area contributed by atoms with Crippen molar-refractivity contribution in [2.24, 2.45) is 5.10 Å². The Morgan fingerprint density at radius 1 is 0.973 bits per heavy atom. The van der Waals surface area contributed by atoms with Crippen LogP contribution in [0.1, 0.15) is 37.4 Å². The number of hydrogen-bond donors (Lipinski definition) is 0. The molecule has 0 N–H and O–H groups in total. The van der Waals surface area contributed by atoms with E-state index in [4.69, 9.17) is 14.2 Å². The van der Waals surface area contributed by atoms with Crippen LogP contribution in [0, 0.1) is 0 Å². The highest BCUT2D eigenvalue weighted by molar-refractivity contribution is 8.01. The van der Waals surface area contributed by atoms with E-state index in [-0.39, 0.29) is 17.9 Å². The average Bonchev–Trinajstić information content (AvgIpc) is 3.38. The minimum absolute atomic E-state index is 0.104. The number of amides is 2. The van der Waals surface area contributed by atoms with Crippen LogP contribution in [-0.2, 0) is 9.59 Å². The molecule has 3 aromatic rings. The Morgan fingerprint density at radius 2 is 1.68 bits per heavy atom. The van der Waals surface area contributed by atoms with E-state index < -0.39 is 0 Å². The SMILES string of the molecule is COc1ccc(C2CC(c3ccc(N(Sc4ccc5c(c4)OCCO5)C(C)=O)cc3)=NN2C(C)=O)cc1. The summed E-state index contributed by atoms with van der Waals surface area (Å²) < 4.78 is 18.2. The molecule has 0 aliphatic carbocycles. The lowest BCUT2D eigenvalue weighted by molar-refractivity contribution is -0.130. The largest absolute Gasteiger partial charge is 0.497 e. The second-order valence-electron chi connectivity index (χ2n) is 8.66. The fraction of sp³-hybridized carbons (Fsp3) is 0.250. The lowest BCUT2D eigenvalue weighted by Crippen LogP contribution is -2.24. The summed E-state index contributed by atoms with van der Waals surface area (Å²) in [6, 6.07) is 20.8. The number of hydrogen-bond acceptors (Lipinski definition) is 7. The molecule has 0 bridgehead atoms. The number of fused-ring (bicyclic) bond motifs is 1. The summed E-state index contributed by atoms with van der Waals surface area (Å²) in [7, 11) is 1.62. The van der Waals surface area contributed by atoms with Gasteiger partial charge in [-0.3, -0.25) is 9.59 Å². The minimum atomic E-state index is -0.183. The molecule has 2 heterocycles. The summed E-state index contributed by atoms with van der Waals surface area (Å²) in [4.78, 5) is 25.7. The topological polar surface area (TPSA) is 80.7 Å². The van der Waals surface area contributed by atoms with Gasteiger partial charge < -0.3 is 14.2 Å². The predicted octanol–water partition coefficient (Wildman–Crippen LogP) is 5.22. The van der Waals surface area contributed by atoms with Gasteiger partial charge in [0.05, 0.1) is 24.6 Å². The predicted molar refractivity (Wildman–Crippen MR) is 142 cm³/mol. The maximum atomic E-state index is 12.5. The van der Waals surface area contributed by atoms with Crippen LogP contribution in [0.25, 0.3) is 0 Å². The summed E-state index contributed by atoms with van der Waals surface area (Å²) in [6.45, 7) is 4.08. The molecule has 0 spiro atoms. The zero-order valence-electron chi connectivity index (χ0n) is 20.8. The van der Waals surface area contributed by atoms with Crippen molar-refractivity contribution in [1.82, 2.24) is 5.01 Å². The molecule has 1 atom stereocenters. The number of rotatable bonds is 6. The molecule has 0 saturated heterocycles. The van der Waals surface area contributed by atoms with Gasteiger partial charge in [0.2, 0.25) is 11.8 Å². The van der Waals surface area contributed by atoms with E-state index >= 15 is 0 Å². The van der Waals surface area contributed by atoms with Crippen LogP contribution in [0.5, 0.6) is 17.2 Å². The molecule has 0 saturated carbocycles. The van der Waals surface area contributed by atoms with E-state index in [9.17, 15) is 9.59 Å². The maximum absolute atomic E-state index is 12.5. The van der Waals surface area contributed by atoms with Gasteiger partial charge >= 0.3 is 0 Å². The van der Waals surface area contributed by atoms with E-state index in [1.807, 2.05) is 66.7 Å². The van der Waals surface area contributed by atoms with Crippen molar-refractivity contribution in [3.63, 3.8) is 0 Å². The second-order valence-corrected chi connectivity index (χ2v) is 9.68. The first-order chi connectivity index (χ1) is 17.9. The third-order valence-corrected chi connectivity index (χ3v) is 7.28. The molecule has 5 rings (SSSR count). The van der Waals surface area contributed by atoms with Crippen molar-refractivity contribution in [2.75, 3.05) is 24.6 Å². The van der Waals surface area contributed by atoms with Crippen LogP contribution in [-0.4, -0.2) is 42.9 Å². The first kappa shape index (κ1) is 24.7. The number of carbonyl (C=O) groups is 2. The van der Waals surface area contributed by atoms with Gasteiger partial charge in [0.1, 0.15) is 19.0 Å². The molecule has 2 amide bonds. The van der Waals surface area contributed by atoms with Crippen molar-refractivity contribution in [3.05, 3.63) is 77.9 Å². The molecule has 0 radical (unpaired) electrons. The summed E-state index contributed by atoms with van der Waals surface area (Å²) in [5, 5.41) is 6.17. The van der Waals surface area contributed by atoms with Crippen LogP contribution >= 0.6 is 11.9 Å². The molecule has 3 aromatic carbocycles. The quantitative estimate of drug-likeness (QED) is 0.417. The van der Waals surface area contributed by atoms with Crippen molar-refractivity contribution < 1.29 is 23.8 Å². The van der Waals surface area contributed by atoms with E-state index in [2.05, 4.69) is 5.10 Å². The van der Waals surface area contributed by atoms with E-state index in [1.54, 1.807) is 11.4 Å². The van der Waals surface area contributed by atoms with Gasteiger partial charge in [0.25, 0.3) is 0 Å². The summed E-state index contributed by atoms with van der Waals surface area (Å²) >= 11 is 1.32. The first-order valence-corrected chi connectivity index (χ1v) is 12.7.